The molecule has 1 aliphatic carbocycles. The van der Waals surface area contributed by atoms with Crippen LogP contribution in [0.2, 0.25) is 0 Å². The molecule has 0 radical (unpaired) electrons. The van der Waals surface area contributed by atoms with E-state index < -0.39 is 0 Å². The van der Waals surface area contributed by atoms with Gasteiger partial charge in [0.15, 0.2) is 0 Å². The molecule has 0 atom stereocenters. The first-order chi connectivity index (χ1) is 18.2. The fourth-order valence-corrected chi connectivity index (χ4v) is 4.77. The number of nitrogens with zero attached hydrogens (tertiary/aromatic N) is 7. The van der Waals surface area contributed by atoms with Gasteiger partial charge in [0.25, 0.3) is 11.7 Å². The summed E-state index contributed by atoms with van der Waals surface area (Å²) in [6.45, 7) is 0. The molecule has 178 valence electrons. The van der Waals surface area contributed by atoms with Crippen LogP contribution in [0.25, 0.3) is 27.9 Å². The van der Waals surface area contributed by atoms with E-state index in [1.807, 2.05) is 35.1 Å². The minimum absolute atomic E-state index is 0.139. The SMILES string of the molecule is O=C(Nc1ccncn1)c1ccc(-c2cnc3ncc(C4(c5ccc6ncccc6c5)CC4)n3n2)cc1. The summed E-state index contributed by atoms with van der Waals surface area (Å²) in [5.74, 6) is 0.767. The number of imidazole rings is 1. The van der Waals surface area contributed by atoms with Crippen molar-refractivity contribution in [2.45, 2.75) is 18.3 Å². The maximum absolute atomic E-state index is 12.6. The molecule has 0 saturated heterocycles. The quantitative estimate of drug-likeness (QED) is 0.385. The Morgan fingerprint density at radius 3 is 2.57 bits per heavy atom. The lowest BCUT2D eigenvalue weighted by Gasteiger charge is -2.16. The van der Waals surface area contributed by atoms with Gasteiger partial charge in [-0.2, -0.15) is 9.61 Å². The fourth-order valence-electron chi connectivity index (χ4n) is 4.77. The van der Waals surface area contributed by atoms with Crippen LogP contribution in [0.4, 0.5) is 5.82 Å². The molecule has 0 spiro atoms. The van der Waals surface area contributed by atoms with E-state index in [1.54, 1.807) is 30.6 Å². The van der Waals surface area contributed by atoms with E-state index >= 15 is 0 Å². The standard InChI is InChI=1S/C28H20N8O/c37-26(34-25-9-13-29-17-33-25)19-5-3-18(4-6-19)23-15-31-27-32-16-24(36(27)35-23)28(10-11-28)21-7-8-22-20(14-21)2-1-12-30-22/h1-9,12-17H,10-11H2,(H,29,33,34,37). The summed E-state index contributed by atoms with van der Waals surface area (Å²) in [5.41, 5.74) is 5.18. The van der Waals surface area contributed by atoms with Crippen LogP contribution < -0.4 is 5.32 Å². The number of carbonyl (C=O) groups is 1. The Balaban J connectivity index is 1.21. The second-order valence-electron chi connectivity index (χ2n) is 9.12. The molecule has 1 aliphatic rings. The molecular formula is C28H20N8O. The molecule has 1 fully saturated rings. The Kier molecular flexibility index (Phi) is 4.75. The number of anilines is 1. The molecule has 4 heterocycles. The highest BCUT2D eigenvalue weighted by atomic mass is 16.1. The number of pyridine rings is 1. The zero-order chi connectivity index (χ0) is 24.8. The average molecular weight is 485 g/mol. The number of nitrogens with one attached hydrogen (secondary N) is 1. The molecule has 7 rings (SSSR count). The highest BCUT2D eigenvalue weighted by Crippen LogP contribution is 2.53. The van der Waals surface area contributed by atoms with Gasteiger partial charge in [-0.3, -0.25) is 9.78 Å². The predicted octanol–water partition coefficient (Wildman–Crippen LogP) is 4.46. The summed E-state index contributed by atoms with van der Waals surface area (Å²) in [6.07, 6.45) is 10.4. The second kappa shape index (κ2) is 8.27. The van der Waals surface area contributed by atoms with E-state index in [0.717, 1.165) is 35.0 Å². The van der Waals surface area contributed by atoms with Gasteiger partial charge in [0, 0.05) is 34.3 Å². The summed E-state index contributed by atoms with van der Waals surface area (Å²) in [7, 11) is 0. The van der Waals surface area contributed by atoms with Gasteiger partial charge in [0.2, 0.25) is 0 Å². The molecule has 0 unspecified atom stereocenters. The monoisotopic (exact) mass is 484 g/mol. The number of carbonyl (C=O) groups excluding carboxylic acids is 1. The third kappa shape index (κ3) is 3.68. The Bertz CT molecular complexity index is 1780. The molecule has 9 heteroatoms. The number of fused-ring (bicyclic) bond motifs is 2. The normalized spacial score (nSPS) is 14.1. The van der Waals surface area contributed by atoms with Gasteiger partial charge in [-0.25, -0.2) is 19.9 Å². The van der Waals surface area contributed by atoms with E-state index in [9.17, 15) is 4.79 Å². The summed E-state index contributed by atoms with van der Waals surface area (Å²) >= 11 is 0. The van der Waals surface area contributed by atoms with Crippen molar-refractivity contribution >= 4 is 28.4 Å². The summed E-state index contributed by atoms with van der Waals surface area (Å²) in [4.78, 5) is 34.0. The lowest BCUT2D eigenvalue weighted by Crippen LogP contribution is -2.14. The molecule has 1 saturated carbocycles. The number of aromatic nitrogens is 7. The molecule has 0 bridgehead atoms. The van der Waals surface area contributed by atoms with Gasteiger partial charge in [0.05, 0.1) is 23.6 Å². The number of benzene rings is 2. The number of rotatable bonds is 5. The lowest BCUT2D eigenvalue weighted by atomic mass is 9.91. The first-order valence-corrected chi connectivity index (χ1v) is 11.9. The summed E-state index contributed by atoms with van der Waals surface area (Å²) in [5, 5.41) is 8.79. The number of hydrogen-bond donors (Lipinski definition) is 1. The second-order valence-corrected chi connectivity index (χ2v) is 9.12. The maximum Gasteiger partial charge on any atom is 0.256 e. The van der Waals surface area contributed by atoms with Crippen molar-refractivity contribution in [3.63, 3.8) is 0 Å². The van der Waals surface area contributed by atoms with E-state index in [1.165, 1.54) is 11.9 Å². The Morgan fingerprint density at radius 2 is 1.76 bits per heavy atom. The van der Waals surface area contributed by atoms with Gasteiger partial charge >= 0.3 is 0 Å². The van der Waals surface area contributed by atoms with Gasteiger partial charge < -0.3 is 5.32 Å². The highest BCUT2D eigenvalue weighted by Gasteiger charge is 2.48. The van der Waals surface area contributed by atoms with Gasteiger partial charge in [-0.05, 0) is 54.8 Å². The summed E-state index contributed by atoms with van der Waals surface area (Å²) < 4.78 is 1.85. The number of hydrogen-bond acceptors (Lipinski definition) is 7. The Labute approximate surface area is 211 Å². The third-order valence-corrected chi connectivity index (χ3v) is 6.89. The Morgan fingerprint density at radius 1 is 0.892 bits per heavy atom. The van der Waals surface area contributed by atoms with Crippen molar-refractivity contribution in [2.24, 2.45) is 0 Å². The molecule has 9 nitrogen and oxygen atoms in total. The molecule has 37 heavy (non-hydrogen) atoms. The zero-order valence-corrected chi connectivity index (χ0v) is 19.6. The van der Waals surface area contributed by atoms with Gasteiger partial charge in [-0.15, -0.1) is 0 Å². The van der Waals surface area contributed by atoms with Crippen LogP contribution >= 0.6 is 0 Å². The molecular weight excluding hydrogens is 464 g/mol. The minimum atomic E-state index is -0.245. The molecule has 2 aromatic carbocycles. The van der Waals surface area contributed by atoms with Crippen molar-refractivity contribution in [3.05, 3.63) is 109 Å². The summed E-state index contributed by atoms with van der Waals surface area (Å²) in [6, 6.07) is 19.4. The first kappa shape index (κ1) is 21.3. The van der Waals surface area contributed by atoms with Crippen LogP contribution in [0.15, 0.2) is 91.8 Å². The Hall–Kier alpha value is -5.05. The van der Waals surface area contributed by atoms with E-state index in [-0.39, 0.29) is 11.3 Å². The van der Waals surface area contributed by atoms with E-state index in [0.29, 0.717) is 22.9 Å². The highest BCUT2D eigenvalue weighted by molar-refractivity contribution is 6.03. The molecule has 1 amide bonds. The van der Waals surface area contributed by atoms with Gasteiger partial charge in [0.1, 0.15) is 17.8 Å². The predicted molar refractivity (Wildman–Crippen MR) is 138 cm³/mol. The zero-order valence-electron chi connectivity index (χ0n) is 19.6. The largest absolute Gasteiger partial charge is 0.306 e. The van der Waals surface area contributed by atoms with Crippen molar-refractivity contribution in [1.82, 2.24) is 34.5 Å². The van der Waals surface area contributed by atoms with Crippen molar-refractivity contribution < 1.29 is 4.79 Å². The fraction of sp³-hybridized carbons (Fsp3) is 0.107. The van der Waals surface area contributed by atoms with E-state index in [4.69, 9.17) is 5.10 Å². The van der Waals surface area contributed by atoms with Crippen LogP contribution in [0, 0.1) is 0 Å². The van der Waals surface area contributed by atoms with E-state index in [2.05, 4.69) is 54.5 Å². The van der Waals surface area contributed by atoms with Crippen LogP contribution in [-0.2, 0) is 5.41 Å². The minimum Gasteiger partial charge on any atom is -0.306 e. The van der Waals surface area contributed by atoms with Gasteiger partial charge in [-0.1, -0.05) is 24.3 Å². The van der Waals surface area contributed by atoms with Crippen molar-refractivity contribution in [1.29, 1.82) is 0 Å². The average Bonchev–Trinajstić information content (AvgIpc) is 3.65. The lowest BCUT2D eigenvalue weighted by molar-refractivity contribution is 0.102. The van der Waals surface area contributed by atoms with Crippen molar-refractivity contribution in [2.75, 3.05) is 5.32 Å². The van der Waals surface area contributed by atoms with Crippen LogP contribution in [0.5, 0.6) is 0 Å². The number of amides is 1. The van der Waals surface area contributed by atoms with Crippen LogP contribution in [0.1, 0.15) is 34.5 Å². The molecule has 4 aromatic heterocycles. The molecule has 6 aromatic rings. The van der Waals surface area contributed by atoms with Crippen LogP contribution in [-0.4, -0.2) is 40.4 Å². The molecule has 1 N–H and O–H groups in total. The topological polar surface area (TPSA) is 111 Å². The first-order valence-electron chi connectivity index (χ1n) is 11.9. The van der Waals surface area contributed by atoms with Crippen LogP contribution in [0.3, 0.4) is 0 Å². The molecule has 0 aliphatic heterocycles. The smallest absolute Gasteiger partial charge is 0.256 e. The third-order valence-electron chi connectivity index (χ3n) is 6.89. The van der Waals surface area contributed by atoms with Crippen molar-refractivity contribution in [3.8, 4) is 11.3 Å². The maximum atomic E-state index is 12.6.